The SMILES string of the molecule is CCc1cc2nc3c(=O)[nH]c(=O)nc-3n(CCC(O)C(O)CO)c2cc1NCCN(C)C. The van der Waals surface area contributed by atoms with Gasteiger partial charge in [0.15, 0.2) is 11.5 Å². The molecule has 0 saturated heterocycles. The summed E-state index contributed by atoms with van der Waals surface area (Å²) in [5.41, 5.74) is 1.70. The van der Waals surface area contributed by atoms with E-state index in [1.165, 1.54) is 0 Å². The zero-order valence-corrected chi connectivity index (χ0v) is 18.5. The summed E-state index contributed by atoms with van der Waals surface area (Å²) < 4.78 is 1.65. The fourth-order valence-electron chi connectivity index (χ4n) is 3.56. The zero-order chi connectivity index (χ0) is 23.4. The molecule has 1 aromatic carbocycles. The number of aromatic amines is 1. The van der Waals surface area contributed by atoms with Crippen LogP contribution in [0.4, 0.5) is 5.69 Å². The van der Waals surface area contributed by atoms with E-state index in [1.807, 2.05) is 33.2 Å². The number of hydrogen-bond acceptors (Lipinski definition) is 9. The van der Waals surface area contributed by atoms with Crippen molar-refractivity contribution in [2.24, 2.45) is 0 Å². The summed E-state index contributed by atoms with van der Waals surface area (Å²) in [5, 5.41) is 32.4. The average molecular weight is 447 g/mol. The second kappa shape index (κ2) is 10.2. The smallest absolute Gasteiger partial charge is 0.349 e. The van der Waals surface area contributed by atoms with Gasteiger partial charge in [-0.2, -0.15) is 4.98 Å². The summed E-state index contributed by atoms with van der Waals surface area (Å²) in [6, 6.07) is 3.80. The lowest BCUT2D eigenvalue weighted by Crippen LogP contribution is -2.32. The van der Waals surface area contributed by atoms with Crippen LogP contribution in [0.15, 0.2) is 21.7 Å². The van der Waals surface area contributed by atoms with Gasteiger partial charge in [-0.1, -0.05) is 6.92 Å². The third-order valence-electron chi connectivity index (χ3n) is 5.37. The maximum atomic E-state index is 12.4. The molecule has 2 atom stereocenters. The fourth-order valence-corrected chi connectivity index (χ4v) is 3.56. The van der Waals surface area contributed by atoms with Crippen molar-refractivity contribution >= 4 is 16.7 Å². The van der Waals surface area contributed by atoms with Gasteiger partial charge in [-0.05, 0) is 44.6 Å². The fraction of sp³-hybridized carbons (Fsp3) is 0.524. The number of nitrogens with zero attached hydrogens (tertiary/aromatic N) is 4. The predicted octanol–water partition coefficient (Wildman–Crippen LogP) is -0.775. The van der Waals surface area contributed by atoms with Crippen molar-refractivity contribution in [2.45, 2.75) is 38.5 Å². The average Bonchev–Trinajstić information content (AvgIpc) is 2.75. The molecule has 0 radical (unpaired) electrons. The minimum Gasteiger partial charge on any atom is -0.394 e. The summed E-state index contributed by atoms with van der Waals surface area (Å²) in [7, 11) is 3.98. The molecule has 3 rings (SSSR count). The number of aryl methyl sites for hydroxylation is 2. The number of fused-ring (bicyclic) bond motifs is 2. The second-order valence-electron chi connectivity index (χ2n) is 7.99. The largest absolute Gasteiger partial charge is 0.394 e. The molecule has 0 aliphatic carbocycles. The highest BCUT2D eigenvalue weighted by atomic mass is 16.4. The van der Waals surface area contributed by atoms with Crippen molar-refractivity contribution in [3.05, 3.63) is 38.5 Å². The first-order valence-electron chi connectivity index (χ1n) is 10.6. The van der Waals surface area contributed by atoms with E-state index in [-0.39, 0.29) is 24.5 Å². The van der Waals surface area contributed by atoms with Crippen LogP contribution in [-0.4, -0.2) is 85.7 Å². The molecular formula is C21H30N6O5. The molecule has 11 nitrogen and oxygen atoms in total. The van der Waals surface area contributed by atoms with Crippen molar-refractivity contribution in [1.29, 1.82) is 0 Å². The Hall–Kier alpha value is -2.86. The number of H-pyrrole nitrogens is 1. The minimum atomic E-state index is -1.30. The molecule has 2 aliphatic heterocycles. The quantitative estimate of drug-likeness (QED) is 0.252. The van der Waals surface area contributed by atoms with Gasteiger partial charge in [0.2, 0.25) is 0 Å². The molecule has 174 valence electrons. The van der Waals surface area contributed by atoms with Crippen molar-refractivity contribution in [3.63, 3.8) is 0 Å². The molecule has 0 spiro atoms. The highest BCUT2D eigenvalue weighted by molar-refractivity contribution is 5.84. The molecule has 0 bridgehead atoms. The van der Waals surface area contributed by atoms with Gasteiger partial charge in [0, 0.05) is 25.3 Å². The van der Waals surface area contributed by atoms with Crippen LogP contribution in [0, 0.1) is 0 Å². The molecule has 0 saturated carbocycles. The van der Waals surface area contributed by atoms with Crippen molar-refractivity contribution in [1.82, 2.24) is 24.4 Å². The summed E-state index contributed by atoms with van der Waals surface area (Å²) >= 11 is 0. The van der Waals surface area contributed by atoms with E-state index in [2.05, 4.69) is 25.2 Å². The van der Waals surface area contributed by atoms with Gasteiger partial charge >= 0.3 is 5.69 Å². The summed E-state index contributed by atoms with van der Waals surface area (Å²) in [6.45, 7) is 3.14. The molecule has 11 heteroatoms. The van der Waals surface area contributed by atoms with Crippen LogP contribution in [0.25, 0.3) is 22.6 Å². The van der Waals surface area contributed by atoms with Crippen molar-refractivity contribution < 1.29 is 15.3 Å². The van der Waals surface area contributed by atoms with E-state index in [9.17, 15) is 19.8 Å². The first kappa shape index (κ1) is 23.8. The molecule has 1 aromatic rings. The number of aliphatic hydroxyl groups is 3. The third kappa shape index (κ3) is 5.13. The van der Waals surface area contributed by atoms with E-state index < -0.39 is 30.1 Å². The van der Waals surface area contributed by atoms with Gasteiger partial charge in [0.25, 0.3) is 5.56 Å². The van der Waals surface area contributed by atoms with Crippen LogP contribution in [0.2, 0.25) is 0 Å². The van der Waals surface area contributed by atoms with Crippen molar-refractivity contribution in [3.8, 4) is 11.5 Å². The van der Waals surface area contributed by atoms with Gasteiger partial charge in [0.05, 0.1) is 23.7 Å². The van der Waals surface area contributed by atoms with Crippen LogP contribution in [-0.2, 0) is 13.0 Å². The normalized spacial score (nSPS) is 13.7. The lowest BCUT2D eigenvalue weighted by molar-refractivity contribution is -0.0191. The highest BCUT2D eigenvalue weighted by Crippen LogP contribution is 2.28. The number of likely N-dealkylation sites (N-methyl/N-ethyl adjacent to an activating group) is 1. The molecule has 0 fully saturated rings. The Bertz CT molecular complexity index is 1160. The Kier molecular flexibility index (Phi) is 7.56. The number of rotatable bonds is 10. The maximum absolute atomic E-state index is 12.4. The Labute approximate surface area is 184 Å². The summed E-state index contributed by atoms with van der Waals surface area (Å²) in [4.78, 5) is 36.9. The van der Waals surface area contributed by atoms with Crippen LogP contribution in [0.5, 0.6) is 0 Å². The zero-order valence-electron chi connectivity index (χ0n) is 18.5. The van der Waals surface area contributed by atoms with E-state index in [4.69, 9.17) is 5.11 Å². The van der Waals surface area contributed by atoms with E-state index >= 15 is 0 Å². The monoisotopic (exact) mass is 446 g/mol. The number of anilines is 1. The minimum absolute atomic E-state index is 0.0182. The van der Waals surface area contributed by atoms with E-state index in [0.29, 0.717) is 11.0 Å². The molecule has 32 heavy (non-hydrogen) atoms. The molecule has 5 N–H and O–H groups in total. The Morgan fingerprint density at radius 3 is 2.59 bits per heavy atom. The molecule has 2 heterocycles. The first-order chi connectivity index (χ1) is 15.2. The summed E-state index contributed by atoms with van der Waals surface area (Å²) in [5.74, 6) is 0.0976. The van der Waals surface area contributed by atoms with Crippen LogP contribution >= 0.6 is 0 Å². The molecular weight excluding hydrogens is 416 g/mol. The van der Waals surface area contributed by atoms with E-state index in [0.717, 1.165) is 30.8 Å². The molecule has 0 amide bonds. The lowest BCUT2D eigenvalue weighted by atomic mass is 10.1. The van der Waals surface area contributed by atoms with Gasteiger partial charge in [-0.3, -0.25) is 9.78 Å². The lowest BCUT2D eigenvalue weighted by Gasteiger charge is -2.21. The molecule has 2 aliphatic rings. The topological polar surface area (TPSA) is 157 Å². The van der Waals surface area contributed by atoms with Crippen LogP contribution < -0.4 is 16.6 Å². The standard InChI is InChI=1S/C21H30N6O5/c1-4-12-9-14-15(10-13(12)22-6-8-26(2)3)27(7-5-16(29)17(30)11-28)19-18(23-14)20(31)25-21(32)24-19/h9-10,16-17,22,28-30H,4-8,11H2,1-3H3,(H,25,31,32). The van der Waals surface area contributed by atoms with Gasteiger partial charge in [0.1, 0.15) is 6.10 Å². The number of benzene rings is 1. The first-order valence-corrected chi connectivity index (χ1v) is 10.6. The maximum Gasteiger partial charge on any atom is 0.349 e. The number of aliphatic hydroxyl groups excluding tert-OH is 3. The van der Waals surface area contributed by atoms with E-state index in [1.54, 1.807) is 4.57 Å². The number of hydrogen-bond donors (Lipinski definition) is 5. The Morgan fingerprint density at radius 1 is 1.19 bits per heavy atom. The molecule has 0 aromatic heterocycles. The van der Waals surface area contributed by atoms with Gasteiger partial charge < -0.3 is 30.1 Å². The summed E-state index contributed by atoms with van der Waals surface area (Å²) in [6.07, 6.45) is -1.67. The Balaban J connectivity index is 2.17. The second-order valence-corrected chi connectivity index (χ2v) is 7.99. The van der Waals surface area contributed by atoms with Gasteiger partial charge in [-0.25, -0.2) is 9.78 Å². The van der Waals surface area contributed by atoms with Crippen LogP contribution in [0.3, 0.4) is 0 Å². The van der Waals surface area contributed by atoms with Crippen LogP contribution in [0.1, 0.15) is 18.9 Å². The highest BCUT2D eigenvalue weighted by Gasteiger charge is 2.22. The van der Waals surface area contributed by atoms with Gasteiger partial charge in [-0.15, -0.1) is 0 Å². The third-order valence-corrected chi connectivity index (χ3v) is 5.37. The number of aromatic nitrogens is 4. The predicted molar refractivity (Wildman–Crippen MR) is 121 cm³/mol. The van der Waals surface area contributed by atoms with Crippen molar-refractivity contribution in [2.75, 3.05) is 39.1 Å². The Morgan fingerprint density at radius 2 is 1.94 bits per heavy atom. The molecule has 2 unspecified atom stereocenters. The number of nitrogens with one attached hydrogen (secondary N) is 2.